The summed E-state index contributed by atoms with van der Waals surface area (Å²) in [5, 5.41) is 14.9. The summed E-state index contributed by atoms with van der Waals surface area (Å²) in [5.41, 5.74) is 1.97. The van der Waals surface area contributed by atoms with Crippen molar-refractivity contribution in [2.24, 2.45) is 0 Å². The number of nitro groups is 1. The molecule has 17 heavy (non-hydrogen) atoms. The van der Waals surface area contributed by atoms with Crippen LogP contribution >= 0.6 is 15.9 Å². The molecule has 0 radical (unpaired) electrons. The Morgan fingerprint density at radius 2 is 2.29 bits per heavy atom. The van der Waals surface area contributed by atoms with Gasteiger partial charge in [0.25, 0.3) is 5.69 Å². The number of aryl methyl sites for hydroxylation is 1. The van der Waals surface area contributed by atoms with Gasteiger partial charge < -0.3 is 0 Å². The maximum absolute atomic E-state index is 10.8. The number of halogens is 1. The van der Waals surface area contributed by atoms with Crippen molar-refractivity contribution in [3.8, 4) is 0 Å². The number of nitro benzene ring substituents is 1. The van der Waals surface area contributed by atoms with Gasteiger partial charge in [0.1, 0.15) is 4.47 Å². The monoisotopic (exact) mass is 295 g/mol. The Labute approximate surface area is 106 Å². The predicted molar refractivity (Wildman–Crippen MR) is 66.9 cm³/mol. The molecule has 0 amide bonds. The lowest BCUT2D eigenvalue weighted by atomic mass is 10.2. The highest BCUT2D eigenvalue weighted by Crippen LogP contribution is 2.28. The van der Waals surface area contributed by atoms with Crippen LogP contribution in [0.2, 0.25) is 0 Å². The van der Waals surface area contributed by atoms with Gasteiger partial charge in [0.05, 0.1) is 17.7 Å². The number of hydrogen-bond acceptors (Lipinski definition) is 3. The lowest BCUT2D eigenvalue weighted by molar-refractivity contribution is -0.385. The minimum absolute atomic E-state index is 0.0754. The van der Waals surface area contributed by atoms with Crippen LogP contribution in [0, 0.1) is 17.0 Å². The minimum Gasteiger partial charge on any atom is -0.268 e. The average molecular weight is 296 g/mol. The number of aromatic nitrogens is 2. The fraction of sp³-hybridized carbons (Fsp3) is 0.182. The number of benzene rings is 1. The second-order valence-corrected chi connectivity index (χ2v) is 4.52. The molecule has 0 aliphatic heterocycles. The van der Waals surface area contributed by atoms with E-state index in [-0.39, 0.29) is 5.69 Å². The molecule has 0 saturated carbocycles. The van der Waals surface area contributed by atoms with Crippen molar-refractivity contribution >= 4 is 21.6 Å². The van der Waals surface area contributed by atoms with Crippen molar-refractivity contribution in [3.63, 3.8) is 0 Å². The van der Waals surface area contributed by atoms with Crippen LogP contribution in [0.1, 0.15) is 11.1 Å². The molecule has 1 aromatic heterocycles. The van der Waals surface area contributed by atoms with Crippen LogP contribution < -0.4 is 0 Å². The van der Waals surface area contributed by atoms with E-state index < -0.39 is 4.92 Å². The first-order valence-corrected chi connectivity index (χ1v) is 5.78. The van der Waals surface area contributed by atoms with Gasteiger partial charge in [0.2, 0.25) is 0 Å². The molecule has 2 rings (SSSR count). The molecule has 5 nitrogen and oxygen atoms in total. The molecule has 0 aliphatic rings. The topological polar surface area (TPSA) is 61.0 Å². The highest BCUT2D eigenvalue weighted by atomic mass is 79.9. The largest absolute Gasteiger partial charge is 0.283 e. The smallest absolute Gasteiger partial charge is 0.268 e. The van der Waals surface area contributed by atoms with Gasteiger partial charge >= 0.3 is 0 Å². The first kappa shape index (κ1) is 11.8. The second-order valence-electron chi connectivity index (χ2n) is 3.72. The minimum atomic E-state index is -0.401. The lowest BCUT2D eigenvalue weighted by Gasteiger charge is -2.05. The molecule has 1 aromatic carbocycles. The van der Waals surface area contributed by atoms with E-state index in [0.717, 1.165) is 11.1 Å². The van der Waals surface area contributed by atoms with Crippen LogP contribution in [-0.2, 0) is 6.54 Å². The lowest BCUT2D eigenvalue weighted by Crippen LogP contribution is -2.02. The van der Waals surface area contributed by atoms with Crippen LogP contribution in [-0.4, -0.2) is 14.7 Å². The van der Waals surface area contributed by atoms with Gasteiger partial charge in [0, 0.05) is 12.3 Å². The van der Waals surface area contributed by atoms with E-state index in [1.54, 1.807) is 16.9 Å². The Morgan fingerprint density at radius 1 is 1.53 bits per heavy atom. The second kappa shape index (κ2) is 4.67. The third-order valence-corrected chi connectivity index (χ3v) is 3.27. The summed E-state index contributed by atoms with van der Waals surface area (Å²) in [6.45, 7) is 2.46. The Hall–Kier alpha value is -1.69. The van der Waals surface area contributed by atoms with E-state index in [2.05, 4.69) is 21.0 Å². The van der Waals surface area contributed by atoms with Crippen molar-refractivity contribution in [3.05, 3.63) is 56.3 Å². The highest BCUT2D eigenvalue weighted by Gasteiger charge is 2.14. The summed E-state index contributed by atoms with van der Waals surface area (Å²) in [5.74, 6) is 0. The van der Waals surface area contributed by atoms with E-state index >= 15 is 0 Å². The summed E-state index contributed by atoms with van der Waals surface area (Å²) < 4.78 is 2.26. The molecule has 0 unspecified atom stereocenters. The molecule has 0 fully saturated rings. The van der Waals surface area contributed by atoms with Gasteiger partial charge in [-0.2, -0.15) is 5.10 Å². The quantitative estimate of drug-likeness (QED) is 0.646. The highest BCUT2D eigenvalue weighted by molar-refractivity contribution is 9.10. The summed E-state index contributed by atoms with van der Waals surface area (Å²) in [6.07, 6.45) is 3.65. The molecular formula is C11H10BrN3O2. The SMILES string of the molecule is Cc1cnn(Cc2cccc([N+](=O)[O-])c2Br)c1. The fourth-order valence-corrected chi connectivity index (χ4v) is 2.09. The van der Waals surface area contributed by atoms with Crippen molar-refractivity contribution in [1.29, 1.82) is 0 Å². The third-order valence-electron chi connectivity index (χ3n) is 2.35. The van der Waals surface area contributed by atoms with Crippen molar-refractivity contribution in [2.45, 2.75) is 13.5 Å². The van der Waals surface area contributed by atoms with Gasteiger partial charge in [-0.3, -0.25) is 14.8 Å². The van der Waals surface area contributed by atoms with Gasteiger partial charge in [-0.05, 0) is 34.0 Å². The first-order chi connectivity index (χ1) is 8.08. The molecule has 0 bridgehead atoms. The molecule has 1 heterocycles. The van der Waals surface area contributed by atoms with Gasteiger partial charge in [0.15, 0.2) is 0 Å². The maximum atomic E-state index is 10.8. The molecule has 0 spiro atoms. The number of hydrogen-bond donors (Lipinski definition) is 0. The standard InChI is InChI=1S/C11H10BrN3O2/c1-8-5-13-14(6-8)7-9-3-2-4-10(11(9)12)15(16)17/h2-6H,7H2,1H3. The molecule has 0 N–H and O–H groups in total. The normalized spacial score (nSPS) is 10.5. The molecule has 0 aliphatic carbocycles. The van der Waals surface area contributed by atoms with Crippen LogP contribution in [0.5, 0.6) is 0 Å². The molecule has 0 saturated heterocycles. The van der Waals surface area contributed by atoms with Crippen molar-refractivity contribution < 1.29 is 4.92 Å². The average Bonchev–Trinajstić information content (AvgIpc) is 2.67. The molecular weight excluding hydrogens is 286 g/mol. The van der Waals surface area contributed by atoms with Gasteiger partial charge in [-0.25, -0.2) is 0 Å². The maximum Gasteiger partial charge on any atom is 0.283 e. The van der Waals surface area contributed by atoms with Crippen LogP contribution in [0.3, 0.4) is 0 Å². The molecule has 2 aromatic rings. The summed E-state index contributed by atoms with van der Waals surface area (Å²) >= 11 is 3.26. The summed E-state index contributed by atoms with van der Waals surface area (Å²) in [7, 11) is 0. The van der Waals surface area contributed by atoms with Crippen molar-refractivity contribution in [2.75, 3.05) is 0 Å². The van der Waals surface area contributed by atoms with Crippen LogP contribution in [0.4, 0.5) is 5.69 Å². The van der Waals surface area contributed by atoms with Gasteiger partial charge in [-0.1, -0.05) is 12.1 Å². The molecule has 0 atom stereocenters. The Morgan fingerprint density at radius 3 is 2.88 bits per heavy atom. The number of rotatable bonds is 3. The van der Waals surface area contributed by atoms with E-state index in [4.69, 9.17) is 0 Å². The Bertz CT molecular complexity index is 566. The van der Waals surface area contributed by atoms with E-state index in [0.29, 0.717) is 11.0 Å². The third kappa shape index (κ3) is 2.52. The van der Waals surface area contributed by atoms with E-state index in [1.165, 1.54) is 6.07 Å². The zero-order valence-electron chi connectivity index (χ0n) is 9.13. The fourth-order valence-electron chi connectivity index (χ4n) is 1.56. The molecule has 88 valence electrons. The Balaban J connectivity index is 2.33. The van der Waals surface area contributed by atoms with Gasteiger partial charge in [-0.15, -0.1) is 0 Å². The van der Waals surface area contributed by atoms with E-state index in [9.17, 15) is 10.1 Å². The van der Waals surface area contributed by atoms with Crippen LogP contribution in [0.15, 0.2) is 35.1 Å². The molecule has 6 heteroatoms. The van der Waals surface area contributed by atoms with E-state index in [1.807, 2.05) is 19.2 Å². The first-order valence-electron chi connectivity index (χ1n) is 4.99. The van der Waals surface area contributed by atoms with Crippen molar-refractivity contribution in [1.82, 2.24) is 9.78 Å². The summed E-state index contributed by atoms with van der Waals surface area (Å²) in [6, 6.07) is 4.99. The van der Waals surface area contributed by atoms with Crippen LogP contribution in [0.25, 0.3) is 0 Å². The number of nitrogens with zero attached hydrogens (tertiary/aromatic N) is 3. The summed E-state index contributed by atoms with van der Waals surface area (Å²) in [4.78, 5) is 10.4. The predicted octanol–water partition coefficient (Wildman–Crippen LogP) is 2.91. The zero-order chi connectivity index (χ0) is 12.4. The zero-order valence-corrected chi connectivity index (χ0v) is 10.7. The Kier molecular flexibility index (Phi) is 3.23.